The number of aliphatic hydroxyl groups is 1. The zero-order valence-corrected chi connectivity index (χ0v) is 11.0. The summed E-state index contributed by atoms with van der Waals surface area (Å²) in [5.41, 5.74) is 6.12. The van der Waals surface area contributed by atoms with Crippen LogP contribution in [0.15, 0.2) is 5.38 Å². The van der Waals surface area contributed by atoms with Gasteiger partial charge >= 0.3 is 0 Å². The van der Waals surface area contributed by atoms with Gasteiger partial charge in [0.2, 0.25) is 0 Å². The summed E-state index contributed by atoms with van der Waals surface area (Å²) < 4.78 is 0. The average molecular weight is 257 g/mol. The van der Waals surface area contributed by atoms with Gasteiger partial charge in [0.05, 0.1) is 12.6 Å². The van der Waals surface area contributed by atoms with Crippen molar-refractivity contribution in [1.82, 2.24) is 9.88 Å². The molecule has 1 unspecified atom stereocenters. The van der Waals surface area contributed by atoms with Gasteiger partial charge in [0.1, 0.15) is 10.7 Å². The van der Waals surface area contributed by atoms with Gasteiger partial charge < -0.3 is 15.7 Å². The van der Waals surface area contributed by atoms with E-state index in [1.807, 2.05) is 13.8 Å². The normalized spacial score (nSPS) is 12.5. The van der Waals surface area contributed by atoms with Crippen LogP contribution >= 0.6 is 11.3 Å². The molecule has 0 aromatic carbocycles. The minimum absolute atomic E-state index is 0.0317. The zero-order valence-electron chi connectivity index (χ0n) is 10.2. The summed E-state index contributed by atoms with van der Waals surface area (Å²) in [7, 11) is 0. The van der Waals surface area contributed by atoms with Crippen molar-refractivity contribution in [3.05, 3.63) is 16.1 Å². The first-order chi connectivity index (χ1) is 8.10. The van der Waals surface area contributed by atoms with Crippen LogP contribution in [0.1, 0.15) is 41.8 Å². The highest BCUT2D eigenvalue weighted by Crippen LogP contribution is 2.17. The first-order valence-electron chi connectivity index (χ1n) is 5.71. The number of aliphatic hydroxyl groups excluding tert-OH is 1. The SMILES string of the molecule is CCCN(CCO)C(=O)c1csc(C(C)N)n1. The van der Waals surface area contributed by atoms with E-state index < -0.39 is 0 Å². The molecule has 1 aromatic heterocycles. The number of aromatic nitrogens is 1. The minimum atomic E-state index is -0.154. The Labute approximate surface area is 105 Å². The lowest BCUT2D eigenvalue weighted by molar-refractivity contribution is 0.0716. The number of amides is 1. The van der Waals surface area contributed by atoms with Gasteiger partial charge in [-0.2, -0.15) is 0 Å². The Morgan fingerprint density at radius 3 is 2.82 bits per heavy atom. The Morgan fingerprint density at radius 2 is 2.35 bits per heavy atom. The molecule has 5 nitrogen and oxygen atoms in total. The lowest BCUT2D eigenvalue weighted by Crippen LogP contribution is -2.34. The van der Waals surface area contributed by atoms with Gasteiger partial charge in [0, 0.05) is 18.5 Å². The fourth-order valence-electron chi connectivity index (χ4n) is 1.46. The third-order valence-corrected chi connectivity index (χ3v) is 3.33. The van der Waals surface area contributed by atoms with Crippen LogP contribution < -0.4 is 5.73 Å². The van der Waals surface area contributed by atoms with Gasteiger partial charge in [-0.05, 0) is 13.3 Å². The third-order valence-electron chi connectivity index (χ3n) is 2.28. The molecule has 0 spiro atoms. The Hall–Kier alpha value is -0.980. The highest BCUT2D eigenvalue weighted by molar-refractivity contribution is 7.09. The van der Waals surface area contributed by atoms with Crippen molar-refractivity contribution >= 4 is 17.2 Å². The van der Waals surface area contributed by atoms with Crippen molar-refractivity contribution in [2.45, 2.75) is 26.3 Å². The summed E-state index contributed by atoms with van der Waals surface area (Å²) in [6, 6.07) is -0.154. The van der Waals surface area contributed by atoms with Crippen molar-refractivity contribution in [1.29, 1.82) is 0 Å². The quantitative estimate of drug-likeness (QED) is 0.797. The first kappa shape index (κ1) is 14.1. The molecular formula is C11H19N3O2S. The molecule has 3 N–H and O–H groups in total. The fraction of sp³-hybridized carbons (Fsp3) is 0.636. The molecule has 0 bridgehead atoms. The van der Waals surface area contributed by atoms with Gasteiger partial charge in [0.15, 0.2) is 0 Å². The molecule has 0 radical (unpaired) electrons. The van der Waals surface area contributed by atoms with Crippen LogP contribution in [-0.4, -0.2) is 40.6 Å². The number of thiazole rings is 1. The van der Waals surface area contributed by atoms with Gasteiger partial charge in [-0.3, -0.25) is 4.79 Å². The minimum Gasteiger partial charge on any atom is -0.395 e. The Morgan fingerprint density at radius 1 is 1.65 bits per heavy atom. The zero-order chi connectivity index (χ0) is 12.8. The van der Waals surface area contributed by atoms with Gasteiger partial charge in [-0.25, -0.2) is 4.98 Å². The highest BCUT2D eigenvalue weighted by Gasteiger charge is 2.18. The van der Waals surface area contributed by atoms with E-state index in [4.69, 9.17) is 10.8 Å². The van der Waals surface area contributed by atoms with Crippen molar-refractivity contribution in [2.24, 2.45) is 5.73 Å². The number of hydrogen-bond donors (Lipinski definition) is 2. The molecule has 0 saturated heterocycles. The molecule has 0 saturated carbocycles. The molecule has 1 rings (SSSR count). The van der Waals surface area contributed by atoms with E-state index in [1.165, 1.54) is 11.3 Å². The molecule has 0 fully saturated rings. The molecule has 0 aliphatic rings. The van der Waals surface area contributed by atoms with E-state index >= 15 is 0 Å². The van der Waals surface area contributed by atoms with Crippen molar-refractivity contribution in [2.75, 3.05) is 19.7 Å². The topological polar surface area (TPSA) is 79.5 Å². The molecule has 1 amide bonds. The summed E-state index contributed by atoms with van der Waals surface area (Å²) in [5, 5.41) is 11.4. The van der Waals surface area contributed by atoms with Crippen LogP contribution in [0.25, 0.3) is 0 Å². The maximum atomic E-state index is 12.1. The number of hydrogen-bond acceptors (Lipinski definition) is 5. The summed E-state index contributed by atoms with van der Waals surface area (Å²) in [5.74, 6) is -0.135. The molecule has 0 aliphatic heterocycles. The van der Waals surface area contributed by atoms with Crippen molar-refractivity contribution in [3.63, 3.8) is 0 Å². The second kappa shape index (κ2) is 6.68. The van der Waals surface area contributed by atoms with Crippen LogP contribution in [0, 0.1) is 0 Å². The molecule has 0 aliphatic carbocycles. The van der Waals surface area contributed by atoms with E-state index in [0.29, 0.717) is 18.8 Å². The lowest BCUT2D eigenvalue weighted by atomic mass is 10.3. The predicted molar refractivity (Wildman–Crippen MR) is 68.0 cm³/mol. The summed E-state index contributed by atoms with van der Waals surface area (Å²) in [6.45, 7) is 4.77. The number of carbonyl (C=O) groups is 1. The number of rotatable bonds is 6. The monoisotopic (exact) mass is 257 g/mol. The summed E-state index contributed by atoms with van der Waals surface area (Å²) in [6.07, 6.45) is 0.857. The van der Waals surface area contributed by atoms with Crippen LogP contribution in [0.5, 0.6) is 0 Å². The Bertz CT molecular complexity index is 359. The summed E-state index contributed by atoms with van der Waals surface area (Å²) >= 11 is 1.39. The lowest BCUT2D eigenvalue weighted by Gasteiger charge is -2.19. The van der Waals surface area contributed by atoms with Crippen LogP contribution in [0.3, 0.4) is 0 Å². The molecule has 1 aromatic rings. The Kier molecular flexibility index (Phi) is 5.54. The maximum Gasteiger partial charge on any atom is 0.273 e. The number of nitrogens with zero attached hydrogens (tertiary/aromatic N) is 2. The second-order valence-electron chi connectivity index (χ2n) is 3.88. The van der Waals surface area contributed by atoms with E-state index in [1.54, 1.807) is 10.3 Å². The molecule has 1 atom stereocenters. The van der Waals surface area contributed by atoms with E-state index in [2.05, 4.69) is 4.98 Å². The highest BCUT2D eigenvalue weighted by atomic mass is 32.1. The van der Waals surface area contributed by atoms with Crippen LogP contribution in [0.4, 0.5) is 0 Å². The predicted octanol–water partition coefficient (Wildman–Crippen LogP) is 1.01. The van der Waals surface area contributed by atoms with Crippen LogP contribution in [-0.2, 0) is 0 Å². The van der Waals surface area contributed by atoms with E-state index in [-0.39, 0.29) is 18.6 Å². The van der Waals surface area contributed by atoms with Crippen molar-refractivity contribution in [3.8, 4) is 0 Å². The Balaban J connectivity index is 2.77. The molecule has 17 heavy (non-hydrogen) atoms. The molecular weight excluding hydrogens is 238 g/mol. The van der Waals surface area contributed by atoms with Gasteiger partial charge in [0.25, 0.3) is 5.91 Å². The third kappa shape index (κ3) is 3.76. The fourth-order valence-corrected chi connectivity index (χ4v) is 2.21. The smallest absolute Gasteiger partial charge is 0.273 e. The van der Waals surface area contributed by atoms with E-state index in [0.717, 1.165) is 11.4 Å². The molecule has 96 valence electrons. The van der Waals surface area contributed by atoms with Crippen molar-refractivity contribution < 1.29 is 9.90 Å². The standard InChI is InChI=1S/C11H19N3O2S/c1-3-4-14(5-6-15)11(16)9-7-17-10(13-9)8(2)12/h7-8,15H,3-6,12H2,1-2H3. The first-order valence-corrected chi connectivity index (χ1v) is 6.59. The largest absolute Gasteiger partial charge is 0.395 e. The second-order valence-corrected chi connectivity index (χ2v) is 4.77. The maximum absolute atomic E-state index is 12.1. The van der Waals surface area contributed by atoms with Crippen LogP contribution in [0.2, 0.25) is 0 Å². The summed E-state index contributed by atoms with van der Waals surface area (Å²) in [4.78, 5) is 17.9. The number of nitrogens with two attached hydrogens (primary N) is 1. The number of carbonyl (C=O) groups excluding carboxylic acids is 1. The average Bonchev–Trinajstić information content (AvgIpc) is 2.77. The van der Waals surface area contributed by atoms with E-state index in [9.17, 15) is 4.79 Å². The molecule has 1 heterocycles. The molecule has 6 heteroatoms. The van der Waals surface area contributed by atoms with Gasteiger partial charge in [-0.15, -0.1) is 11.3 Å². The van der Waals surface area contributed by atoms with Gasteiger partial charge in [-0.1, -0.05) is 6.92 Å².